The molecule has 0 spiro atoms. The number of pyridine rings is 1. The van der Waals surface area contributed by atoms with E-state index in [1.807, 2.05) is 0 Å². The van der Waals surface area contributed by atoms with Crippen molar-refractivity contribution in [2.45, 2.75) is 19.8 Å². The average Bonchev–Trinajstić information content (AvgIpc) is 2.77. The fourth-order valence-electron chi connectivity index (χ4n) is 1.70. The first-order valence-corrected chi connectivity index (χ1v) is 5.57. The Morgan fingerprint density at radius 2 is 2.28 bits per heavy atom. The van der Waals surface area contributed by atoms with Crippen LogP contribution in [0, 0.1) is 10.1 Å². The number of imidazole rings is 1. The molecule has 0 amide bonds. The molecule has 0 aliphatic heterocycles. The second-order valence-electron chi connectivity index (χ2n) is 3.79. The van der Waals surface area contributed by atoms with Gasteiger partial charge in [-0.15, -0.1) is 0 Å². The van der Waals surface area contributed by atoms with E-state index >= 15 is 0 Å². The summed E-state index contributed by atoms with van der Waals surface area (Å²) in [6.07, 6.45) is 5.20. The lowest BCUT2D eigenvalue weighted by atomic mass is 10.3. The van der Waals surface area contributed by atoms with Crippen LogP contribution in [0.4, 0.5) is 11.5 Å². The predicted molar refractivity (Wildman–Crippen MR) is 66.4 cm³/mol. The zero-order valence-electron chi connectivity index (χ0n) is 9.91. The van der Waals surface area contributed by atoms with Gasteiger partial charge in [0.2, 0.25) is 5.82 Å². The number of nitro groups is 1. The van der Waals surface area contributed by atoms with Gasteiger partial charge in [-0.3, -0.25) is 14.7 Å². The highest BCUT2D eigenvalue weighted by molar-refractivity contribution is 5.54. The average molecular weight is 247 g/mol. The minimum Gasteiger partial charge on any atom is -0.378 e. The molecule has 0 aromatic carbocycles. The molecule has 0 saturated heterocycles. The predicted octanol–water partition coefficient (Wildman–Crippen LogP) is 1.71. The Balaban J connectivity index is 2.42. The normalized spacial score (nSPS) is 10.5. The van der Waals surface area contributed by atoms with Crippen molar-refractivity contribution in [1.82, 2.24) is 14.5 Å². The highest BCUT2D eigenvalue weighted by atomic mass is 16.6. The Morgan fingerprint density at radius 1 is 1.50 bits per heavy atom. The third-order valence-electron chi connectivity index (χ3n) is 2.52. The summed E-state index contributed by atoms with van der Waals surface area (Å²) in [4.78, 5) is 18.4. The first-order chi connectivity index (χ1) is 8.63. The zero-order chi connectivity index (χ0) is 13.1. The number of hydrogen-bond donors (Lipinski definition) is 1. The summed E-state index contributed by atoms with van der Waals surface area (Å²) >= 11 is 0. The highest BCUT2D eigenvalue weighted by Crippen LogP contribution is 2.21. The van der Waals surface area contributed by atoms with Crippen LogP contribution >= 0.6 is 0 Å². The molecule has 0 radical (unpaired) electrons. The van der Waals surface area contributed by atoms with E-state index in [0.29, 0.717) is 5.82 Å². The van der Waals surface area contributed by atoms with E-state index in [9.17, 15) is 10.1 Å². The van der Waals surface area contributed by atoms with E-state index in [2.05, 4.69) is 16.9 Å². The van der Waals surface area contributed by atoms with Gasteiger partial charge < -0.3 is 5.73 Å². The van der Waals surface area contributed by atoms with E-state index in [0.717, 1.165) is 18.7 Å². The number of rotatable bonds is 4. The van der Waals surface area contributed by atoms with Crippen LogP contribution in [0.1, 0.15) is 19.2 Å². The Morgan fingerprint density at radius 3 is 2.89 bits per heavy atom. The monoisotopic (exact) mass is 247 g/mol. The van der Waals surface area contributed by atoms with Crippen LogP contribution in [0.2, 0.25) is 0 Å². The van der Waals surface area contributed by atoms with Gasteiger partial charge in [0.25, 0.3) is 0 Å². The van der Waals surface area contributed by atoms with Crippen molar-refractivity contribution in [3.8, 4) is 5.82 Å². The number of hydrogen-bond acceptors (Lipinski definition) is 5. The van der Waals surface area contributed by atoms with Crippen molar-refractivity contribution in [3.63, 3.8) is 0 Å². The number of anilines is 1. The summed E-state index contributed by atoms with van der Waals surface area (Å²) < 4.78 is 1.78. The van der Waals surface area contributed by atoms with Gasteiger partial charge in [0.15, 0.2) is 0 Å². The summed E-state index contributed by atoms with van der Waals surface area (Å²) in [7, 11) is 0. The lowest BCUT2D eigenvalue weighted by Gasteiger charge is -2.06. The van der Waals surface area contributed by atoms with Crippen LogP contribution < -0.4 is 5.73 Å². The van der Waals surface area contributed by atoms with Crippen molar-refractivity contribution in [3.05, 3.63) is 40.5 Å². The highest BCUT2D eigenvalue weighted by Gasteiger charge is 2.14. The van der Waals surface area contributed by atoms with E-state index in [1.54, 1.807) is 23.0 Å². The third kappa shape index (κ3) is 2.15. The van der Waals surface area contributed by atoms with Crippen molar-refractivity contribution < 1.29 is 4.92 Å². The lowest BCUT2D eigenvalue weighted by Crippen LogP contribution is -2.06. The van der Waals surface area contributed by atoms with Crippen LogP contribution in [-0.4, -0.2) is 19.5 Å². The molecule has 0 saturated carbocycles. The summed E-state index contributed by atoms with van der Waals surface area (Å²) in [6, 6.07) is 2.92. The van der Waals surface area contributed by atoms with Gasteiger partial charge in [-0.2, -0.15) is 0 Å². The quantitative estimate of drug-likeness (QED) is 0.654. The van der Waals surface area contributed by atoms with E-state index in [1.165, 1.54) is 6.07 Å². The Hall–Kier alpha value is -2.44. The molecule has 18 heavy (non-hydrogen) atoms. The molecule has 2 rings (SSSR count). The van der Waals surface area contributed by atoms with Crippen LogP contribution in [0.3, 0.4) is 0 Å². The maximum Gasteiger partial charge on any atom is 0.311 e. The van der Waals surface area contributed by atoms with Gasteiger partial charge in [0.05, 0.1) is 4.92 Å². The molecule has 2 heterocycles. The number of aryl methyl sites for hydroxylation is 1. The van der Waals surface area contributed by atoms with E-state index in [-0.39, 0.29) is 11.5 Å². The molecule has 0 atom stereocenters. The third-order valence-corrected chi connectivity index (χ3v) is 2.52. The standard InChI is InChI=1S/C11H13N5O2/c1-2-3-9-13-6-7-15(9)10-5-4-8(16(17)18)11(12)14-10/h4-7H,2-3H2,1H3,(H2,12,14). The topological polar surface area (TPSA) is 99.9 Å². The molecule has 0 fully saturated rings. The zero-order valence-corrected chi connectivity index (χ0v) is 9.91. The molecule has 2 aromatic rings. The number of nitrogens with zero attached hydrogens (tertiary/aromatic N) is 4. The van der Waals surface area contributed by atoms with Gasteiger partial charge in [-0.25, -0.2) is 9.97 Å². The molecule has 94 valence electrons. The number of aromatic nitrogens is 3. The van der Waals surface area contributed by atoms with Gasteiger partial charge in [0.1, 0.15) is 11.6 Å². The van der Waals surface area contributed by atoms with Gasteiger partial charge in [-0.05, 0) is 12.5 Å². The van der Waals surface area contributed by atoms with E-state index < -0.39 is 4.92 Å². The molecule has 0 aliphatic rings. The first kappa shape index (κ1) is 12.0. The largest absolute Gasteiger partial charge is 0.378 e. The van der Waals surface area contributed by atoms with Gasteiger partial charge in [0, 0.05) is 24.9 Å². The molecule has 0 unspecified atom stereocenters. The Bertz CT molecular complexity index is 579. The summed E-state index contributed by atoms with van der Waals surface area (Å²) in [5, 5.41) is 10.7. The smallest absolute Gasteiger partial charge is 0.311 e. The maximum atomic E-state index is 10.7. The Labute approximate surface area is 103 Å². The summed E-state index contributed by atoms with van der Waals surface area (Å²) in [5.41, 5.74) is 5.38. The van der Waals surface area contributed by atoms with Gasteiger partial charge in [-0.1, -0.05) is 6.92 Å². The van der Waals surface area contributed by atoms with Crippen LogP contribution in [-0.2, 0) is 6.42 Å². The fraction of sp³-hybridized carbons (Fsp3) is 0.273. The second kappa shape index (κ2) is 4.82. The molecule has 7 heteroatoms. The van der Waals surface area contributed by atoms with Gasteiger partial charge >= 0.3 is 5.69 Å². The van der Waals surface area contributed by atoms with Crippen molar-refractivity contribution in [1.29, 1.82) is 0 Å². The van der Waals surface area contributed by atoms with E-state index in [4.69, 9.17) is 5.73 Å². The maximum absolute atomic E-state index is 10.7. The van der Waals surface area contributed by atoms with Crippen LogP contribution in [0.15, 0.2) is 24.5 Å². The molecule has 7 nitrogen and oxygen atoms in total. The number of nitrogen functional groups attached to an aromatic ring is 1. The summed E-state index contributed by atoms with van der Waals surface area (Å²) in [6.45, 7) is 2.05. The SMILES string of the molecule is CCCc1nccn1-c1ccc([N+](=O)[O-])c(N)n1. The Kier molecular flexibility index (Phi) is 3.22. The minimum absolute atomic E-state index is 0.0892. The van der Waals surface area contributed by atoms with Crippen molar-refractivity contribution in [2.24, 2.45) is 0 Å². The molecular formula is C11H13N5O2. The van der Waals surface area contributed by atoms with Crippen LogP contribution in [0.5, 0.6) is 0 Å². The first-order valence-electron chi connectivity index (χ1n) is 5.57. The van der Waals surface area contributed by atoms with Crippen molar-refractivity contribution in [2.75, 3.05) is 5.73 Å². The molecule has 0 bridgehead atoms. The molecule has 0 aliphatic carbocycles. The second-order valence-corrected chi connectivity index (χ2v) is 3.79. The minimum atomic E-state index is -0.549. The molecular weight excluding hydrogens is 234 g/mol. The van der Waals surface area contributed by atoms with Crippen molar-refractivity contribution >= 4 is 11.5 Å². The summed E-state index contributed by atoms with van der Waals surface area (Å²) in [5.74, 6) is 1.31. The van der Waals surface area contributed by atoms with Crippen LogP contribution in [0.25, 0.3) is 5.82 Å². The molecule has 2 aromatic heterocycles. The molecule has 2 N–H and O–H groups in total. The lowest BCUT2D eigenvalue weighted by molar-refractivity contribution is -0.384. The number of nitrogens with two attached hydrogens (primary N) is 1. The fourth-order valence-corrected chi connectivity index (χ4v) is 1.70.